The maximum absolute atomic E-state index is 12.6. The van der Waals surface area contributed by atoms with E-state index in [1.807, 2.05) is 19.9 Å². The number of para-hydroxylation sites is 1. The molecule has 0 saturated heterocycles. The van der Waals surface area contributed by atoms with Crippen LogP contribution in [-0.2, 0) is 11.3 Å². The van der Waals surface area contributed by atoms with E-state index in [4.69, 9.17) is 0 Å². The second kappa shape index (κ2) is 8.51. The van der Waals surface area contributed by atoms with Crippen molar-refractivity contribution in [3.8, 4) is 0 Å². The molecule has 31 heavy (non-hydrogen) atoms. The number of carbonyl (C=O) groups excluding carboxylic acids is 1. The van der Waals surface area contributed by atoms with Crippen LogP contribution in [0.2, 0.25) is 0 Å². The summed E-state index contributed by atoms with van der Waals surface area (Å²) in [6.45, 7) is 4.22. The zero-order valence-corrected chi connectivity index (χ0v) is 17.4. The van der Waals surface area contributed by atoms with Crippen molar-refractivity contribution in [3.05, 3.63) is 75.8 Å². The van der Waals surface area contributed by atoms with Gasteiger partial charge in [0.15, 0.2) is 0 Å². The lowest BCUT2D eigenvalue weighted by Crippen LogP contribution is -2.22. The summed E-state index contributed by atoms with van der Waals surface area (Å²) in [6.07, 6.45) is 3.78. The third kappa shape index (κ3) is 4.23. The Bertz CT molecular complexity index is 1390. The molecule has 0 spiro atoms. The minimum atomic E-state index is -0.186. The number of aryl methyl sites for hydroxylation is 1. The predicted molar refractivity (Wildman–Crippen MR) is 120 cm³/mol. The van der Waals surface area contributed by atoms with Gasteiger partial charge >= 0.3 is 0 Å². The Hall–Kier alpha value is -3.81. The van der Waals surface area contributed by atoms with Crippen LogP contribution in [0.1, 0.15) is 32.7 Å². The van der Waals surface area contributed by atoms with E-state index in [2.05, 4.69) is 15.3 Å². The van der Waals surface area contributed by atoms with Crippen LogP contribution in [0.4, 0.5) is 5.69 Å². The van der Waals surface area contributed by atoms with E-state index in [9.17, 15) is 14.4 Å². The van der Waals surface area contributed by atoms with Gasteiger partial charge in [-0.15, -0.1) is 0 Å². The molecular formula is C23H23N5O3. The first-order valence-electron chi connectivity index (χ1n) is 10.2. The van der Waals surface area contributed by atoms with Gasteiger partial charge in [0.1, 0.15) is 0 Å². The van der Waals surface area contributed by atoms with Crippen molar-refractivity contribution in [1.82, 2.24) is 19.1 Å². The topological polar surface area (TPSA) is 98.9 Å². The molecule has 0 aliphatic heterocycles. The lowest BCUT2D eigenvalue weighted by atomic mass is 10.2. The fourth-order valence-corrected chi connectivity index (χ4v) is 3.48. The van der Waals surface area contributed by atoms with E-state index in [0.717, 1.165) is 0 Å². The van der Waals surface area contributed by atoms with Crippen LogP contribution in [0.3, 0.4) is 0 Å². The first kappa shape index (κ1) is 20.5. The summed E-state index contributed by atoms with van der Waals surface area (Å²) >= 11 is 0. The summed E-state index contributed by atoms with van der Waals surface area (Å²) in [5.41, 5.74) is 1.53. The molecule has 0 atom stereocenters. The van der Waals surface area contributed by atoms with Gasteiger partial charge in [-0.25, -0.2) is 9.97 Å². The molecule has 0 aliphatic rings. The molecule has 0 aliphatic carbocycles. The highest BCUT2D eigenvalue weighted by Crippen LogP contribution is 2.16. The number of hydrogen-bond donors (Lipinski definition) is 1. The summed E-state index contributed by atoms with van der Waals surface area (Å²) < 4.78 is 3.08. The van der Waals surface area contributed by atoms with Gasteiger partial charge in [0.05, 0.1) is 34.5 Å². The normalized spacial score (nSPS) is 11.3. The Morgan fingerprint density at radius 2 is 1.71 bits per heavy atom. The average molecular weight is 417 g/mol. The van der Waals surface area contributed by atoms with Gasteiger partial charge in [-0.3, -0.25) is 23.5 Å². The maximum atomic E-state index is 12.6. The molecule has 8 nitrogen and oxygen atoms in total. The Kier molecular flexibility index (Phi) is 5.62. The number of fused-ring (bicyclic) bond motifs is 2. The third-order valence-corrected chi connectivity index (χ3v) is 5.16. The molecule has 4 rings (SSSR count). The van der Waals surface area contributed by atoms with Crippen molar-refractivity contribution in [2.45, 2.75) is 39.3 Å². The van der Waals surface area contributed by atoms with Crippen molar-refractivity contribution in [2.24, 2.45) is 0 Å². The van der Waals surface area contributed by atoms with Crippen LogP contribution in [0, 0.1) is 0 Å². The molecule has 2 aromatic carbocycles. The van der Waals surface area contributed by atoms with Crippen molar-refractivity contribution in [2.75, 3.05) is 5.32 Å². The molecule has 1 N–H and O–H groups in total. The fourth-order valence-electron chi connectivity index (χ4n) is 3.48. The monoisotopic (exact) mass is 417 g/mol. The highest BCUT2D eigenvalue weighted by atomic mass is 16.2. The number of carbonyl (C=O) groups is 1. The van der Waals surface area contributed by atoms with Gasteiger partial charge in [0, 0.05) is 24.7 Å². The van der Waals surface area contributed by atoms with E-state index in [1.54, 1.807) is 41.0 Å². The number of aromatic nitrogens is 4. The molecule has 8 heteroatoms. The number of anilines is 1. The van der Waals surface area contributed by atoms with Crippen LogP contribution in [0.15, 0.2) is 64.7 Å². The van der Waals surface area contributed by atoms with Gasteiger partial charge in [-0.05, 0) is 50.6 Å². The summed E-state index contributed by atoms with van der Waals surface area (Å²) in [4.78, 5) is 46.1. The maximum Gasteiger partial charge on any atom is 0.261 e. The molecule has 4 aromatic rings. The Morgan fingerprint density at radius 1 is 0.968 bits per heavy atom. The lowest BCUT2D eigenvalue weighted by molar-refractivity contribution is -0.116. The molecule has 0 bridgehead atoms. The second-order valence-corrected chi connectivity index (χ2v) is 7.69. The SMILES string of the molecule is CC(C)n1cnc2ccc(NC(=O)CCCn3cnc4ccccc4c3=O)cc2c1=O. The third-order valence-electron chi connectivity index (χ3n) is 5.16. The number of benzene rings is 2. The minimum absolute atomic E-state index is 0.00403. The van der Waals surface area contributed by atoms with E-state index in [1.165, 1.54) is 17.2 Å². The van der Waals surface area contributed by atoms with Crippen molar-refractivity contribution in [1.29, 1.82) is 0 Å². The number of amides is 1. The zero-order valence-electron chi connectivity index (χ0n) is 17.4. The van der Waals surface area contributed by atoms with Crippen LogP contribution < -0.4 is 16.4 Å². The first-order valence-corrected chi connectivity index (χ1v) is 10.2. The van der Waals surface area contributed by atoms with Gasteiger partial charge in [-0.1, -0.05) is 12.1 Å². The van der Waals surface area contributed by atoms with Crippen molar-refractivity contribution < 1.29 is 4.79 Å². The first-order chi connectivity index (χ1) is 14.9. The van der Waals surface area contributed by atoms with Gasteiger partial charge in [0.25, 0.3) is 11.1 Å². The molecule has 1 amide bonds. The molecular weight excluding hydrogens is 394 g/mol. The van der Waals surface area contributed by atoms with Gasteiger partial charge in [0.2, 0.25) is 5.91 Å². The van der Waals surface area contributed by atoms with E-state index in [-0.39, 0.29) is 29.5 Å². The van der Waals surface area contributed by atoms with E-state index in [0.29, 0.717) is 40.5 Å². The second-order valence-electron chi connectivity index (χ2n) is 7.69. The summed E-state index contributed by atoms with van der Waals surface area (Å²) in [7, 11) is 0. The lowest BCUT2D eigenvalue weighted by Gasteiger charge is -2.11. The van der Waals surface area contributed by atoms with E-state index >= 15 is 0 Å². The molecule has 0 saturated carbocycles. The van der Waals surface area contributed by atoms with Gasteiger partial charge < -0.3 is 5.32 Å². The summed E-state index contributed by atoms with van der Waals surface area (Å²) in [5, 5.41) is 3.84. The molecule has 2 aromatic heterocycles. The summed E-state index contributed by atoms with van der Waals surface area (Å²) in [5.74, 6) is -0.186. The Balaban J connectivity index is 1.43. The smallest absolute Gasteiger partial charge is 0.261 e. The summed E-state index contributed by atoms with van der Waals surface area (Å²) in [6, 6.07) is 12.3. The van der Waals surface area contributed by atoms with Crippen LogP contribution >= 0.6 is 0 Å². The van der Waals surface area contributed by atoms with E-state index < -0.39 is 0 Å². The quantitative estimate of drug-likeness (QED) is 0.520. The molecule has 0 radical (unpaired) electrons. The highest BCUT2D eigenvalue weighted by molar-refractivity contribution is 5.93. The Morgan fingerprint density at radius 3 is 2.52 bits per heavy atom. The van der Waals surface area contributed by atoms with Gasteiger partial charge in [-0.2, -0.15) is 0 Å². The van der Waals surface area contributed by atoms with Crippen molar-refractivity contribution in [3.63, 3.8) is 0 Å². The predicted octanol–water partition coefficient (Wildman–Crippen LogP) is 3.11. The fraction of sp³-hybridized carbons (Fsp3) is 0.261. The molecule has 0 unspecified atom stereocenters. The van der Waals surface area contributed by atoms with Crippen LogP contribution in [-0.4, -0.2) is 25.0 Å². The largest absolute Gasteiger partial charge is 0.326 e. The molecule has 2 heterocycles. The number of nitrogens with one attached hydrogen (secondary N) is 1. The number of rotatable bonds is 6. The standard InChI is InChI=1S/C23H23N5O3/c1-15(2)28-14-25-20-10-9-16(12-18(20)23(28)31)26-21(29)8-5-11-27-13-24-19-7-4-3-6-17(19)22(27)30/h3-4,6-7,9-10,12-15H,5,8,11H2,1-2H3,(H,26,29). The van der Waals surface area contributed by atoms with Crippen LogP contribution in [0.5, 0.6) is 0 Å². The number of nitrogens with zero attached hydrogens (tertiary/aromatic N) is 4. The van der Waals surface area contributed by atoms with Crippen molar-refractivity contribution >= 4 is 33.4 Å². The highest BCUT2D eigenvalue weighted by Gasteiger charge is 2.10. The zero-order chi connectivity index (χ0) is 22.0. The Labute approximate surface area is 178 Å². The van der Waals surface area contributed by atoms with Crippen LogP contribution in [0.25, 0.3) is 21.8 Å². The average Bonchev–Trinajstić information content (AvgIpc) is 2.76. The molecule has 0 fully saturated rings. The number of hydrogen-bond acceptors (Lipinski definition) is 5. The molecule has 158 valence electrons. The minimum Gasteiger partial charge on any atom is -0.326 e.